The van der Waals surface area contributed by atoms with Crippen molar-refractivity contribution in [3.05, 3.63) is 29.3 Å². The second-order valence-corrected chi connectivity index (χ2v) is 5.64. The van der Waals surface area contributed by atoms with E-state index in [2.05, 4.69) is 11.4 Å². The summed E-state index contributed by atoms with van der Waals surface area (Å²) in [6, 6.07) is 6.03. The van der Waals surface area contributed by atoms with Crippen molar-refractivity contribution < 1.29 is 14.3 Å². The number of benzene rings is 1. The normalized spacial score (nSPS) is 18.0. The fourth-order valence-electron chi connectivity index (χ4n) is 2.54. The first-order chi connectivity index (χ1) is 9.95. The van der Waals surface area contributed by atoms with E-state index in [4.69, 9.17) is 4.74 Å². The Morgan fingerprint density at radius 3 is 2.57 bits per heavy atom. The Bertz CT molecular complexity index is 522. The highest BCUT2D eigenvalue weighted by Gasteiger charge is 2.31. The number of ether oxygens (including phenoxy) is 1. The van der Waals surface area contributed by atoms with Gasteiger partial charge in [0.15, 0.2) is 0 Å². The van der Waals surface area contributed by atoms with Crippen molar-refractivity contribution in [1.82, 2.24) is 10.2 Å². The minimum Gasteiger partial charge on any atom is -0.492 e. The van der Waals surface area contributed by atoms with E-state index in [-0.39, 0.29) is 17.7 Å². The zero-order chi connectivity index (χ0) is 15.4. The summed E-state index contributed by atoms with van der Waals surface area (Å²) < 4.78 is 5.63. The maximum absolute atomic E-state index is 11.9. The SMILES string of the molecule is Cc1cc(C)cc(OCCNC(=O)C2CC(=O)N(C)C2)c1. The molecule has 0 bridgehead atoms. The highest BCUT2D eigenvalue weighted by Crippen LogP contribution is 2.17. The molecule has 21 heavy (non-hydrogen) atoms. The lowest BCUT2D eigenvalue weighted by molar-refractivity contribution is -0.128. The Hall–Kier alpha value is -2.04. The summed E-state index contributed by atoms with van der Waals surface area (Å²) in [6.45, 7) is 5.42. The first-order valence-corrected chi connectivity index (χ1v) is 7.18. The van der Waals surface area contributed by atoms with Crippen molar-refractivity contribution in [3.8, 4) is 5.75 Å². The van der Waals surface area contributed by atoms with Gasteiger partial charge in [0.05, 0.1) is 12.5 Å². The number of nitrogens with one attached hydrogen (secondary N) is 1. The van der Waals surface area contributed by atoms with Crippen LogP contribution in [0, 0.1) is 19.8 Å². The molecule has 1 saturated heterocycles. The van der Waals surface area contributed by atoms with Gasteiger partial charge >= 0.3 is 0 Å². The van der Waals surface area contributed by atoms with Gasteiger partial charge < -0.3 is 15.0 Å². The molecular formula is C16H22N2O3. The molecule has 0 spiro atoms. The zero-order valence-electron chi connectivity index (χ0n) is 12.8. The van der Waals surface area contributed by atoms with E-state index in [0.717, 1.165) is 16.9 Å². The van der Waals surface area contributed by atoms with Crippen molar-refractivity contribution >= 4 is 11.8 Å². The molecule has 5 heteroatoms. The van der Waals surface area contributed by atoms with Crippen LogP contribution in [0.3, 0.4) is 0 Å². The maximum Gasteiger partial charge on any atom is 0.225 e. The summed E-state index contributed by atoms with van der Waals surface area (Å²) >= 11 is 0. The summed E-state index contributed by atoms with van der Waals surface area (Å²) in [4.78, 5) is 24.9. The molecule has 2 rings (SSSR count). The van der Waals surface area contributed by atoms with Crippen LogP contribution >= 0.6 is 0 Å². The molecule has 1 atom stereocenters. The zero-order valence-corrected chi connectivity index (χ0v) is 12.8. The summed E-state index contributed by atoms with van der Waals surface area (Å²) in [6.07, 6.45) is 0.306. The third kappa shape index (κ3) is 4.21. The fraction of sp³-hybridized carbons (Fsp3) is 0.500. The van der Waals surface area contributed by atoms with Crippen molar-refractivity contribution in [3.63, 3.8) is 0 Å². The molecule has 1 fully saturated rings. The van der Waals surface area contributed by atoms with E-state index in [1.165, 1.54) is 0 Å². The van der Waals surface area contributed by atoms with Gasteiger partial charge in [-0.3, -0.25) is 9.59 Å². The van der Waals surface area contributed by atoms with Gasteiger partial charge in [-0.05, 0) is 37.1 Å². The molecule has 1 heterocycles. The molecule has 1 aliphatic heterocycles. The molecule has 2 amide bonds. The van der Waals surface area contributed by atoms with Crippen LogP contribution in [0.2, 0.25) is 0 Å². The smallest absolute Gasteiger partial charge is 0.225 e. The van der Waals surface area contributed by atoms with Crippen molar-refractivity contribution in [2.75, 3.05) is 26.7 Å². The largest absolute Gasteiger partial charge is 0.492 e. The van der Waals surface area contributed by atoms with Crippen molar-refractivity contribution in [1.29, 1.82) is 0 Å². The van der Waals surface area contributed by atoms with Gasteiger partial charge in [-0.2, -0.15) is 0 Å². The van der Waals surface area contributed by atoms with Crippen LogP contribution in [0.4, 0.5) is 0 Å². The molecule has 1 aromatic rings. The van der Waals surface area contributed by atoms with Gasteiger partial charge in [0.1, 0.15) is 12.4 Å². The lowest BCUT2D eigenvalue weighted by Crippen LogP contribution is -2.34. The predicted molar refractivity (Wildman–Crippen MR) is 80.2 cm³/mol. The minimum atomic E-state index is -0.233. The average molecular weight is 290 g/mol. The molecule has 1 unspecified atom stereocenters. The minimum absolute atomic E-state index is 0.0293. The van der Waals surface area contributed by atoms with Crippen LogP contribution < -0.4 is 10.1 Å². The molecule has 0 saturated carbocycles. The third-order valence-corrected chi connectivity index (χ3v) is 3.58. The van der Waals surface area contributed by atoms with Crippen LogP contribution in [0.15, 0.2) is 18.2 Å². The lowest BCUT2D eigenvalue weighted by Gasteiger charge is -2.12. The monoisotopic (exact) mass is 290 g/mol. The van der Waals surface area contributed by atoms with Gasteiger partial charge in [-0.1, -0.05) is 6.07 Å². The first kappa shape index (κ1) is 15.4. The number of likely N-dealkylation sites (tertiary alicyclic amines) is 1. The molecule has 0 aliphatic carbocycles. The molecule has 0 radical (unpaired) electrons. The Morgan fingerprint density at radius 2 is 2.00 bits per heavy atom. The van der Waals surface area contributed by atoms with Gasteiger partial charge in [-0.25, -0.2) is 0 Å². The standard InChI is InChI=1S/C16H22N2O3/c1-11-6-12(2)8-14(7-11)21-5-4-17-16(20)13-9-15(19)18(3)10-13/h6-8,13H,4-5,9-10H2,1-3H3,(H,17,20). The second kappa shape index (κ2) is 6.61. The predicted octanol–water partition coefficient (Wildman–Crippen LogP) is 1.28. The van der Waals surface area contributed by atoms with E-state index >= 15 is 0 Å². The number of hydrogen-bond acceptors (Lipinski definition) is 3. The Balaban J connectivity index is 1.72. The summed E-state index contributed by atoms with van der Waals surface area (Å²) in [7, 11) is 1.72. The molecule has 114 valence electrons. The second-order valence-electron chi connectivity index (χ2n) is 5.64. The third-order valence-electron chi connectivity index (χ3n) is 3.58. The number of nitrogens with zero attached hydrogens (tertiary/aromatic N) is 1. The number of carbonyl (C=O) groups is 2. The Labute approximate surface area is 125 Å². The number of aryl methyl sites for hydroxylation is 2. The number of rotatable bonds is 5. The highest BCUT2D eigenvalue weighted by molar-refractivity contribution is 5.89. The van der Waals surface area contributed by atoms with Crippen LogP contribution in [0.5, 0.6) is 5.75 Å². The van der Waals surface area contributed by atoms with Gasteiger partial charge in [-0.15, -0.1) is 0 Å². The van der Waals surface area contributed by atoms with E-state index in [9.17, 15) is 9.59 Å². The lowest BCUT2D eigenvalue weighted by atomic mass is 10.1. The molecule has 1 N–H and O–H groups in total. The number of carbonyl (C=O) groups excluding carboxylic acids is 2. The Morgan fingerprint density at radius 1 is 1.33 bits per heavy atom. The van der Waals surface area contributed by atoms with Crippen LogP contribution in [-0.2, 0) is 9.59 Å². The molecule has 1 aromatic carbocycles. The topological polar surface area (TPSA) is 58.6 Å². The van der Waals surface area contributed by atoms with E-state index in [0.29, 0.717) is 26.1 Å². The Kier molecular flexibility index (Phi) is 4.83. The van der Waals surface area contributed by atoms with Crippen LogP contribution in [-0.4, -0.2) is 43.5 Å². The summed E-state index contributed by atoms with van der Waals surface area (Å²) in [5.74, 6) is 0.541. The van der Waals surface area contributed by atoms with Gasteiger partial charge in [0.2, 0.25) is 11.8 Å². The van der Waals surface area contributed by atoms with Crippen LogP contribution in [0.1, 0.15) is 17.5 Å². The van der Waals surface area contributed by atoms with E-state index in [1.807, 2.05) is 26.0 Å². The molecule has 1 aliphatic rings. The first-order valence-electron chi connectivity index (χ1n) is 7.18. The quantitative estimate of drug-likeness (QED) is 0.831. The maximum atomic E-state index is 11.9. The fourth-order valence-corrected chi connectivity index (χ4v) is 2.54. The van der Waals surface area contributed by atoms with Crippen molar-refractivity contribution in [2.24, 2.45) is 5.92 Å². The summed E-state index contributed by atoms with van der Waals surface area (Å²) in [5, 5.41) is 2.82. The number of hydrogen-bond donors (Lipinski definition) is 1. The number of amides is 2. The van der Waals surface area contributed by atoms with E-state index < -0.39 is 0 Å². The molecule has 5 nitrogen and oxygen atoms in total. The molecule has 0 aromatic heterocycles. The van der Waals surface area contributed by atoms with Gasteiger partial charge in [0.25, 0.3) is 0 Å². The summed E-state index contributed by atoms with van der Waals surface area (Å²) in [5.41, 5.74) is 2.31. The van der Waals surface area contributed by atoms with E-state index in [1.54, 1.807) is 11.9 Å². The highest BCUT2D eigenvalue weighted by atomic mass is 16.5. The van der Waals surface area contributed by atoms with Gasteiger partial charge in [0, 0.05) is 20.0 Å². The van der Waals surface area contributed by atoms with Crippen molar-refractivity contribution in [2.45, 2.75) is 20.3 Å². The average Bonchev–Trinajstić information content (AvgIpc) is 2.73. The molecular weight excluding hydrogens is 268 g/mol. The van der Waals surface area contributed by atoms with Crippen LogP contribution in [0.25, 0.3) is 0 Å².